The Bertz CT molecular complexity index is 2380. The van der Waals surface area contributed by atoms with E-state index in [1.54, 1.807) is 6.07 Å². The first-order valence-corrected chi connectivity index (χ1v) is 33.2. The molecule has 24 heteroatoms. The second-order valence-corrected chi connectivity index (χ2v) is 31.9. The van der Waals surface area contributed by atoms with Gasteiger partial charge in [-0.15, -0.1) is 5.06 Å². The van der Waals surface area contributed by atoms with E-state index in [1.165, 1.54) is 54.4 Å². The SMILES string of the molecule is CCC[CH2][Sn]([CH2]CCC)([CH2]CCC)[c]1cccc(C(=O)NCCCCC(NC(=O)CN(CCC(=O)O)C(=O)CN(CCC(=O)O)C(=O)CN(CCC(=O)O)C(=O)c2cccc(C(=O)ON3C(=O)CCC3=O)c2)C(=O)O)c1. The van der Waals surface area contributed by atoms with Gasteiger partial charge in [0.25, 0.3) is 17.7 Å². The van der Waals surface area contributed by atoms with E-state index in [4.69, 9.17) is 4.84 Å². The first kappa shape index (κ1) is 63.4. The molecule has 416 valence electrons. The number of nitrogens with one attached hydrogen (secondary N) is 2. The van der Waals surface area contributed by atoms with Crippen molar-refractivity contribution in [2.75, 3.05) is 45.8 Å². The summed E-state index contributed by atoms with van der Waals surface area (Å²) < 4.78 is 5.09. The predicted molar refractivity (Wildman–Crippen MR) is 275 cm³/mol. The zero-order valence-corrected chi connectivity index (χ0v) is 46.4. The Kier molecular flexibility index (Phi) is 27.1. The average Bonchev–Trinajstić information content (AvgIpc) is 3.70. The van der Waals surface area contributed by atoms with Crippen LogP contribution < -0.4 is 14.2 Å². The summed E-state index contributed by atoms with van der Waals surface area (Å²) in [6, 6.07) is 11.2. The number of hydrogen-bond acceptors (Lipinski definition) is 13. The van der Waals surface area contributed by atoms with Crippen LogP contribution >= 0.6 is 0 Å². The van der Waals surface area contributed by atoms with Crippen molar-refractivity contribution in [3.63, 3.8) is 0 Å². The van der Waals surface area contributed by atoms with Crippen molar-refractivity contribution in [3.05, 3.63) is 65.2 Å². The molecule has 0 aliphatic carbocycles. The van der Waals surface area contributed by atoms with Gasteiger partial charge in [-0.3, -0.25) is 43.2 Å². The molecule has 2 aromatic carbocycles. The number of benzene rings is 2. The molecule has 0 aromatic heterocycles. The molecule has 1 atom stereocenters. The summed E-state index contributed by atoms with van der Waals surface area (Å²) in [4.78, 5) is 159. The molecule has 1 aliphatic rings. The maximum atomic E-state index is 13.9. The number of aliphatic carboxylic acids is 4. The van der Waals surface area contributed by atoms with Gasteiger partial charge in [0.15, 0.2) is 0 Å². The summed E-state index contributed by atoms with van der Waals surface area (Å²) in [5.74, 6) is -12.7. The van der Waals surface area contributed by atoms with Gasteiger partial charge in [-0.2, -0.15) is 0 Å². The van der Waals surface area contributed by atoms with Crippen molar-refractivity contribution >= 4 is 93.2 Å². The van der Waals surface area contributed by atoms with Gasteiger partial charge in [0.2, 0.25) is 11.8 Å². The minimum atomic E-state index is -2.82. The molecule has 3 rings (SSSR count). The van der Waals surface area contributed by atoms with Gasteiger partial charge < -0.3 is 34.9 Å². The van der Waals surface area contributed by atoms with Gasteiger partial charge >= 0.3 is 223 Å². The molecule has 23 nitrogen and oxygen atoms in total. The average molecular weight is 1170 g/mol. The third-order valence-corrected chi connectivity index (χ3v) is 28.5. The fraction of sp³-hybridized carbons (Fsp3) is 0.538. The van der Waals surface area contributed by atoms with Crippen LogP contribution in [-0.2, 0) is 48.0 Å². The normalized spacial score (nSPS) is 12.6. The molecule has 7 amide bonds. The van der Waals surface area contributed by atoms with E-state index < -0.39 is 148 Å². The van der Waals surface area contributed by atoms with E-state index in [2.05, 4.69) is 43.5 Å². The van der Waals surface area contributed by atoms with Crippen LogP contribution in [0, 0.1) is 0 Å². The minimum absolute atomic E-state index is 0.0810. The summed E-state index contributed by atoms with van der Waals surface area (Å²) in [5, 5.41) is 43.9. The van der Waals surface area contributed by atoms with Gasteiger partial charge in [-0.25, -0.2) is 4.79 Å². The number of carbonyl (C=O) groups is 12. The number of nitrogens with zero attached hydrogens (tertiary/aromatic N) is 4. The summed E-state index contributed by atoms with van der Waals surface area (Å²) in [6.45, 7) is 2.18. The van der Waals surface area contributed by atoms with Crippen LogP contribution in [-0.4, -0.2) is 182 Å². The fourth-order valence-electron chi connectivity index (χ4n) is 8.60. The van der Waals surface area contributed by atoms with E-state index in [9.17, 15) is 78.0 Å². The van der Waals surface area contributed by atoms with Gasteiger partial charge in [-0.05, 0) is 18.2 Å². The quantitative estimate of drug-likeness (QED) is 0.0322. The van der Waals surface area contributed by atoms with E-state index in [0.29, 0.717) is 16.9 Å². The number of carbonyl (C=O) groups excluding carboxylic acids is 8. The van der Waals surface area contributed by atoms with Crippen molar-refractivity contribution in [3.8, 4) is 0 Å². The van der Waals surface area contributed by atoms with E-state index >= 15 is 0 Å². The van der Waals surface area contributed by atoms with Crippen molar-refractivity contribution in [2.24, 2.45) is 0 Å². The molecule has 0 radical (unpaired) electrons. The van der Waals surface area contributed by atoms with Crippen LogP contribution in [0.3, 0.4) is 0 Å². The number of hydrogen-bond donors (Lipinski definition) is 6. The van der Waals surface area contributed by atoms with Crippen LogP contribution in [0.5, 0.6) is 0 Å². The van der Waals surface area contributed by atoms with Crippen LogP contribution in [0.2, 0.25) is 13.3 Å². The molecular weight excluding hydrogens is 1100 g/mol. The molecule has 1 heterocycles. The number of amides is 7. The predicted octanol–water partition coefficient (Wildman–Crippen LogP) is 3.66. The van der Waals surface area contributed by atoms with E-state index in [0.717, 1.165) is 35.1 Å². The summed E-state index contributed by atoms with van der Waals surface area (Å²) in [5.41, 5.74) is -0.0120. The standard InChI is InChI=1S/C40H45N6O17.3C4H9.Sn/c47-29(42-28(39(60)61)11-4-5-17-41-37(58)25-7-2-1-3-8-25)22-43(18-14-34(52)53)32(50)23-44(19-15-35(54)55)33(51)24-45(20-16-36(56)57)38(59)26-9-6-10-27(21-26)40(62)63-46-30(48)12-13-31(46)49;3*1-3-4-2;/h1-2,6-10,21,28H,4-5,11-20,22-24H2,(H,41,58)(H,42,47)(H,52,53)(H,54,55)(H,56,57)(H,60,61);3*1,3-4H2,2H3;. The molecule has 76 heavy (non-hydrogen) atoms. The number of carboxylic acid groups (broad SMARTS) is 4. The monoisotopic (exact) mass is 1170 g/mol. The van der Waals surface area contributed by atoms with Crippen LogP contribution in [0.15, 0.2) is 48.5 Å². The summed E-state index contributed by atoms with van der Waals surface area (Å²) in [7, 11) is 0. The molecule has 0 bridgehead atoms. The van der Waals surface area contributed by atoms with Crippen molar-refractivity contribution in [1.29, 1.82) is 0 Å². The van der Waals surface area contributed by atoms with E-state index in [1.807, 2.05) is 6.07 Å². The zero-order chi connectivity index (χ0) is 56.4. The molecule has 2 aromatic rings. The van der Waals surface area contributed by atoms with Crippen molar-refractivity contribution in [2.45, 2.75) is 130 Å². The summed E-state index contributed by atoms with van der Waals surface area (Å²) in [6.07, 6.45) is 4.88. The Morgan fingerprint density at radius 1 is 0.618 bits per heavy atom. The Morgan fingerprint density at radius 2 is 1.11 bits per heavy atom. The number of hydroxylamine groups is 2. The Labute approximate surface area is 445 Å². The van der Waals surface area contributed by atoms with Crippen LogP contribution in [0.25, 0.3) is 0 Å². The molecular formula is C52H72N6O17Sn. The van der Waals surface area contributed by atoms with Crippen LogP contribution in [0.1, 0.15) is 142 Å². The second kappa shape index (κ2) is 32.5. The second-order valence-electron chi connectivity index (χ2n) is 18.7. The first-order chi connectivity index (χ1) is 36.1. The number of imide groups is 1. The molecule has 6 N–H and O–H groups in total. The van der Waals surface area contributed by atoms with Crippen molar-refractivity contribution in [1.82, 2.24) is 30.4 Å². The fourth-order valence-corrected chi connectivity index (χ4v) is 24.6. The molecule has 1 fully saturated rings. The zero-order valence-electron chi connectivity index (χ0n) is 43.6. The molecule has 0 saturated carbocycles. The van der Waals surface area contributed by atoms with E-state index in [-0.39, 0.29) is 54.3 Å². The molecule has 1 unspecified atom stereocenters. The van der Waals surface area contributed by atoms with Crippen LogP contribution in [0.4, 0.5) is 0 Å². The number of unbranched alkanes of at least 4 members (excludes halogenated alkanes) is 4. The number of carboxylic acids is 4. The first-order valence-electron chi connectivity index (χ1n) is 25.7. The Morgan fingerprint density at radius 3 is 1.63 bits per heavy atom. The number of rotatable bonds is 36. The summed E-state index contributed by atoms with van der Waals surface area (Å²) >= 11 is -2.82. The molecule has 0 spiro atoms. The Hall–Kier alpha value is -6.92. The van der Waals surface area contributed by atoms with Gasteiger partial charge in [0, 0.05) is 38.0 Å². The van der Waals surface area contributed by atoms with Gasteiger partial charge in [-0.1, -0.05) is 6.07 Å². The third kappa shape index (κ3) is 21.0. The molecule has 1 aliphatic heterocycles. The Balaban J connectivity index is 1.70. The molecule has 1 saturated heterocycles. The van der Waals surface area contributed by atoms with Gasteiger partial charge in [0.1, 0.15) is 6.54 Å². The van der Waals surface area contributed by atoms with Gasteiger partial charge in [0.05, 0.1) is 37.9 Å². The topological polar surface area (TPSA) is 332 Å². The maximum absolute atomic E-state index is 13.9. The third-order valence-electron chi connectivity index (χ3n) is 12.9. The van der Waals surface area contributed by atoms with Crippen molar-refractivity contribution < 1.29 is 82.8 Å².